The SMILES string of the molecule is CN(C)N=Nc1ccc(C(=O)c2ccc(N=O)cc2)cc1. The second-order valence-corrected chi connectivity index (χ2v) is 4.55. The normalized spacial score (nSPS) is 10.6. The van der Waals surface area contributed by atoms with Crippen LogP contribution >= 0.6 is 0 Å². The van der Waals surface area contributed by atoms with E-state index in [2.05, 4.69) is 15.5 Å². The molecular weight excluding hydrogens is 268 g/mol. The minimum absolute atomic E-state index is 0.122. The predicted molar refractivity (Wildman–Crippen MR) is 80.0 cm³/mol. The Morgan fingerprint density at radius 2 is 1.33 bits per heavy atom. The molecule has 2 aromatic rings. The lowest BCUT2D eigenvalue weighted by molar-refractivity contribution is 0.103. The van der Waals surface area contributed by atoms with E-state index in [4.69, 9.17) is 0 Å². The molecule has 0 saturated heterocycles. The van der Waals surface area contributed by atoms with Crippen LogP contribution in [0.15, 0.2) is 64.0 Å². The number of hydrogen-bond acceptors (Lipinski definition) is 5. The molecule has 6 heteroatoms. The first-order valence-corrected chi connectivity index (χ1v) is 6.27. The van der Waals surface area contributed by atoms with Crippen molar-refractivity contribution < 1.29 is 4.79 Å². The van der Waals surface area contributed by atoms with Crippen LogP contribution in [-0.4, -0.2) is 24.9 Å². The third kappa shape index (κ3) is 3.79. The number of carbonyl (C=O) groups excluding carboxylic acids is 1. The minimum atomic E-state index is -0.122. The van der Waals surface area contributed by atoms with E-state index in [-0.39, 0.29) is 5.78 Å². The summed E-state index contributed by atoms with van der Waals surface area (Å²) >= 11 is 0. The fraction of sp³-hybridized carbons (Fsp3) is 0.133. The molecule has 0 amide bonds. The molecule has 2 aromatic carbocycles. The van der Waals surface area contributed by atoms with Gasteiger partial charge in [-0.25, -0.2) is 0 Å². The van der Waals surface area contributed by atoms with Crippen LogP contribution in [0.4, 0.5) is 11.4 Å². The van der Waals surface area contributed by atoms with E-state index < -0.39 is 0 Å². The van der Waals surface area contributed by atoms with Crippen molar-refractivity contribution in [3.05, 3.63) is 64.6 Å². The van der Waals surface area contributed by atoms with Gasteiger partial charge in [-0.15, -0.1) is 10.0 Å². The molecule has 0 bridgehead atoms. The largest absolute Gasteiger partial charge is 0.289 e. The molecule has 0 atom stereocenters. The molecule has 0 fully saturated rings. The Balaban J connectivity index is 2.17. The Bertz CT molecular complexity index is 661. The Morgan fingerprint density at radius 3 is 1.76 bits per heavy atom. The van der Waals surface area contributed by atoms with Crippen molar-refractivity contribution in [1.82, 2.24) is 5.01 Å². The van der Waals surface area contributed by atoms with E-state index in [0.29, 0.717) is 22.5 Å². The highest BCUT2D eigenvalue weighted by Gasteiger charge is 2.08. The van der Waals surface area contributed by atoms with Crippen molar-refractivity contribution in [2.75, 3.05) is 14.1 Å². The molecule has 106 valence electrons. The van der Waals surface area contributed by atoms with Gasteiger partial charge in [0, 0.05) is 25.2 Å². The van der Waals surface area contributed by atoms with Crippen LogP contribution in [0.2, 0.25) is 0 Å². The van der Waals surface area contributed by atoms with Gasteiger partial charge in [0.15, 0.2) is 5.78 Å². The molecular formula is C15H14N4O2. The lowest BCUT2D eigenvalue weighted by Crippen LogP contribution is -2.00. The average Bonchev–Trinajstić information content (AvgIpc) is 2.53. The molecule has 2 rings (SSSR count). The van der Waals surface area contributed by atoms with Crippen LogP contribution < -0.4 is 0 Å². The molecule has 0 aliphatic rings. The Kier molecular flexibility index (Phi) is 4.50. The van der Waals surface area contributed by atoms with E-state index in [1.165, 1.54) is 12.1 Å². The highest BCUT2D eigenvalue weighted by Crippen LogP contribution is 2.18. The lowest BCUT2D eigenvalue weighted by Gasteiger charge is -2.03. The van der Waals surface area contributed by atoms with Gasteiger partial charge in [-0.3, -0.25) is 9.80 Å². The molecule has 0 saturated carbocycles. The monoisotopic (exact) mass is 282 g/mol. The van der Waals surface area contributed by atoms with Gasteiger partial charge in [0.25, 0.3) is 0 Å². The van der Waals surface area contributed by atoms with Crippen LogP contribution in [0, 0.1) is 4.91 Å². The quantitative estimate of drug-likeness (QED) is 0.361. The van der Waals surface area contributed by atoms with E-state index in [9.17, 15) is 9.70 Å². The minimum Gasteiger partial charge on any atom is -0.289 e. The Labute approximate surface area is 122 Å². The molecule has 0 radical (unpaired) electrons. The smallest absolute Gasteiger partial charge is 0.193 e. The number of benzene rings is 2. The number of nitrogens with zero attached hydrogens (tertiary/aromatic N) is 4. The number of carbonyl (C=O) groups is 1. The molecule has 0 N–H and O–H groups in total. The highest BCUT2D eigenvalue weighted by molar-refractivity contribution is 6.09. The maximum absolute atomic E-state index is 12.3. The van der Waals surface area contributed by atoms with Crippen molar-refractivity contribution in [1.29, 1.82) is 0 Å². The second-order valence-electron chi connectivity index (χ2n) is 4.55. The van der Waals surface area contributed by atoms with E-state index in [0.717, 1.165) is 0 Å². The van der Waals surface area contributed by atoms with Crippen molar-refractivity contribution in [2.24, 2.45) is 15.5 Å². The summed E-state index contributed by atoms with van der Waals surface area (Å²) in [5, 5.41) is 12.3. The van der Waals surface area contributed by atoms with Gasteiger partial charge in [0.05, 0.1) is 5.69 Å². The molecule has 0 heterocycles. The molecule has 21 heavy (non-hydrogen) atoms. The Hall–Kier alpha value is -2.89. The summed E-state index contributed by atoms with van der Waals surface area (Å²) in [7, 11) is 3.55. The van der Waals surface area contributed by atoms with Crippen molar-refractivity contribution in [3.63, 3.8) is 0 Å². The summed E-state index contributed by atoms with van der Waals surface area (Å²) in [4.78, 5) is 22.6. The van der Waals surface area contributed by atoms with Crippen molar-refractivity contribution in [3.8, 4) is 0 Å². The fourth-order valence-electron chi connectivity index (χ4n) is 1.66. The first kappa shape index (κ1) is 14.5. The number of rotatable bonds is 5. The topological polar surface area (TPSA) is 74.5 Å². The van der Waals surface area contributed by atoms with E-state index in [1.807, 2.05) is 0 Å². The van der Waals surface area contributed by atoms with Crippen LogP contribution in [0.5, 0.6) is 0 Å². The summed E-state index contributed by atoms with van der Waals surface area (Å²) in [6.07, 6.45) is 0. The van der Waals surface area contributed by atoms with Gasteiger partial charge in [-0.05, 0) is 53.7 Å². The number of nitroso groups, excluding NO2 is 1. The highest BCUT2D eigenvalue weighted by atomic mass is 16.3. The first-order valence-electron chi connectivity index (χ1n) is 6.27. The van der Waals surface area contributed by atoms with Crippen LogP contribution in [0.1, 0.15) is 15.9 Å². The predicted octanol–water partition coefficient (Wildman–Crippen LogP) is 3.88. The maximum atomic E-state index is 12.3. The lowest BCUT2D eigenvalue weighted by atomic mass is 10.0. The summed E-state index contributed by atoms with van der Waals surface area (Å²) in [6.45, 7) is 0. The van der Waals surface area contributed by atoms with Gasteiger partial charge in [0.2, 0.25) is 0 Å². The summed E-state index contributed by atoms with van der Waals surface area (Å²) in [5.41, 5.74) is 2.02. The second kappa shape index (κ2) is 6.51. The molecule has 6 nitrogen and oxygen atoms in total. The van der Waals surface area contributed by atoms with Crippen molar-refractivity contribution >= 4 is 17.2 Å². The molecule has 0 aromatic heterocycles. The van der Waals surface area contributed by atoms with Gasteiger partial charge >= 0.3 is 0 Å². The van der Waals surface area contributed by atoms with Crippen LogP contribution in [0.3, 0.4) is 0 Å². The summed E-state index contributed by atoms with van der Waals surface area (Å²) in [6, 6.07) is 13.0. The standard InChI is InChI=1S/C15H14N4O2/c1-19(2)18-16-13-7-3-11(4-8-13)15(20)12-5-9-14(17-21)10-6-12/h3-10H,1-2H3. The average molecular weight is 282 g/mol. The maximum Gasteiger partial charge on any atom is 0.193 e. The zero-order valence-electron chi connectivity index (χ0n) is 11.7. The fourth-order valence-corrected chi connectivity index (χ4v) is 1.66. The zero-order chi connectivity index (χ0) is 15.2. The Morgan fingerprint density at radius 1 is 0.857 bits per heavy atom. The summed E-state index contributed by atoms with van der Waals surface area (Å²) in [5.74, 6) is -0.122. The molecule has 0 spiro atoms. The number of ketones is 1. The van der Waals surface area contributed by atoms with Gasteiger partial charge in [-0.1, -0.05) is 5.22 Å². The molecule has 0 aliphatic heterocycles. The summed E-state index contributed by atoms with van der Waals surface area (Å²) < 4.78 is 0. The molecule has 0 unspecified atom stereocenters. The third-order valence-corrected chi connectivity index (χ3v) is 2.70. The number of hydrogen-bond donors (Lipinski definition) is 0. The van der Waals surface area contributed by atoms with Gasteiger partial charge in [0.1, 0.15) is 5.69 Å². The molecule has 0 aliphatic carbocycles. The van der Waals surface area contributed by atoms with Crippen LogP contribution in [-0.2, 0) is 0 Å². The van der Waals surface area contributed by atoms with E-state index >= 15 is 0 Å². The van der Waals surface area contributed by atoms with Gasteiger partial charge in [-0.2, -0.15) is 0 Å². The van der Waals surface area contributed by atoms with E-state index in [1.54, 1.807) is 55.5 Å². The zero-order valence-corrected chi connectivity index (χ0v) is 11.7. The third-order valence-electron chi connectivity index (χ3n) is 2.70. The van der Waals surface area contributed by atoms with Crippen molar-refractivity contribution in [2.45, 2.75) is 0 Å². The first-order chi connectivity index (χ1) is 10.1. The van der Waals surface area contributed by atoms with Crippen LogP contribution in [0.25, 0.3) is 0 Å². The van der Waals surface area contributed by atoms with Gasteiger partial charge < -0.3 is 0 Å².